The van der Waals surface area contributed by atoms with Crippen molar-refractivity contribution in [2.45, 2.75) is 9.79 Å². The largest absolute Gasteiger partial charge is 0.494 e. The monoisotopic (exact) mass is 416 g/mol. The van der Waals surface area contributed by atoms with Crippen LogP contribution in [0.15, 0.2) is 103 Å². The Morgan fingerprint density at radius 1 is 0.714 bits per heavy atom. The average Bonchev–Trinajstić information content (AvgIpc) is 2.70. The molecule has 0 N–H and O–H groups in total. The van der Waals surface area contributed by atoms with Gasteiger partial charge in [0.25, 0.3) is 20.0 Å². The van der Waals surface area contributed by atoms with Gasteiger partial charge in [-0.15, -0.1) is 0 Å². The Morgan fingerprint density at radius 2 is 1.21 bits per heavy atom. The Hall–Kier alpha value is -3.04. The van der Waals surface area contributed by atoms with Gasteiger partial charge in [-0.2, -0.15) is 25.6 Å². The summed E-state index contributed by atoms with van der Waals surface area (Å²) < 4.78 is 62.3. The smallest absolute Gasteiger partial charge is 0.282 e. The van der Waals surface area contributed by atoms with Gasteiger partial charge in [-0.1, -0.05) is 36.4 Å². The maximum absolute atomic E-state index is 12.4. The van der Waals surface area contributed by atoms with Gasteiger partial charge >= 0.3 is 0 Å². The van der Waals surface area contributed by atoms with Crippen LogP contribution < -0.4 is 0 Å². The van der Waals surface area contributed by atoms with Crippen molar-refractivity contribution in [2.75, 3.05) is 7.11 Å². The summed E-state index contributed by atoms with van der Waals surface area (Å²) in [5, 5.41) is 0. The van der Waals surface area contributed by atoms with Crippen LogP contribution in [-0.2, 0) is 24.8 Å². The van der Waals surface area contributed by atoms with Crippen LogP contribution in [0.4, 0.5) is 0 Å². The van der Waals surface area contributed by atoms with E-state index in [0.29, 0.717) is 0 Å². The highest BCUT2D eigenvalue weighted by atomic mass is 32.2. The maximum Gasteiger partial charge on any atom is 0.282 e. The summed E-state index contributed by atoms with van der Waals surface area (Å²) in [6, 6.07) is 15.5. The molecule has 0 aromatic heterocycles. The Kier molecular flexibility index (Phi) is 5.57. The topological polar surface area (TPSA) is 102 Å². The van der Waals surface area contributed by atoms with Gasteiger partial charge in [0.1, 0.15) is 11.5 Å². The van der Waals surface area contributed by atoms with Gasteiger partial charge in [0.05, 0.1) is 22.6 Å². The lowest BCUT2D eigenvalue weighted by molar-refractivity contribution is 0.316. The number of nitrogens with zero attached hydrogens (tertiary/aromatic N) is 2. The van der Waals surface area contributed by atoms with E-state index in [1.165, 1.54) is 49.6 Å². The zero-order valence-electron chi connectivity index (χ0n) is 14.8. The normalized spacial score (nSPS) is 17.5. The van der Waals surface area contributed by atoms with E-state index in [1.54, 1.807) is 36.4 Å². The molecule has 0 aliphatic heterocycles. The Labute approximate surface area is 163 Å². The van der Waals surface area contributed by atoms with Gasteiger partial charge in [-0.25, -0.2) is 0 Å². The molecule has 0 heterocycles. The van der Waals surface area contributed by atoms with E-state index >= 15 is 0 Å². The molecule has 0 radical (unpaired) electrons. The van der Waals surface area contributed by atoms with Gasteiger partial charge in [0, 0.05) is 6.08 Å². The van der Waals surface area contributed by atoms with Gasteiger partial charge in [0.2, 0.25) is 0 Å². The highest BCUT2D eigenvalue weighted by Gasteiger charge is 2.20. The van der Waals surface area contributed by atoms with Crippen molar-refractivity contribution in [1.82, 2.24) is 0 Å². The SMILES string of the molecule is COC1=CC(=N/S(=O)(=O)c2ccccc2)/C=CC/1=N\S(=O)(=O)c1ccccc1. The molecule has 0 unspecified atom stereocenters. The minimum Gasteiger partial charge on any atom is -0.494 e. The Morgan fingerprint density at radius 3 is 1.71 bits per heavy atom. The molecular formula is C19H16N2O5S2. The van der Waals surface area contributed by atoms with Crippen LogP contribution in [0.3, 0.4) is 0 Å². The number of hydrogen-bond acceptors (Lipinski definition) is 5. The first kappa shape index (κ1) is 19.7. The second-order valence-electron chi connectivity index (χ2n) is 5.61. The van der Waals surface area contributed by atoms with Gasteiger partial charge in [-0.3, -0.25) is 0 Å². The molecule has 0 atom stereocenters. The molecule has 0 spiro atoms. The fraction of sp³-hybridized carbons (Fsp3) is 0.0526. The molecule has 0 saturated heterocycles. The number of hydrogen-bond donors (Lipinski definition) is 0. The Balaban J connectivity index is 1.96. The van der Waals surface area contributed by atoms with Gasteiger partial charge < -0.3 is 4.74 Å². The summed E-state index contributed by atoms with van der Waals surface area (Å²) in [6.07, 6.45) is 4.03. The van der Waals surface area contributed by atoms with Crippen molar-refractivity contribution >= 4 is 31.5 Å². The van der Waals surface area contributed by atoms with E-state index < -0.39 is 20.0 Å². The van der Waals surface area contributed by atoms with Crippen LogP contribution in [0.5, 0.6) is 0 Å². The van der Waals surface area contributed by atoms with Gasteiger partial charge in [-0.05, 0) is 36.4 Å². The number of rotatable bonds is 5. The molecule has 144 valence electrons. The first-order chi connectivity index (χ1) is 13.3. The summed E-state index contributed by atoms with van der Waals surface area (Å²) in [6.45, 7) is 0. The van der Waals surface area contributed by atoms with Crippen LogP contribution in [-0.4, -0.2) is 35.4 Å². The third-order valence-electron chi connectivity index (χ3n) is 3.69. The minimum absolute atomic E-state index is 0.0393. The highest BCUT2D eigenvalue weighted by Crippen LogP contribution is 2.18. The van der Waals surface area contributed by atoms with E-state index in [4.69, 9.17) is 4.74 Å². The molecule has 9 heteroatoms. The van der Waals surface area contributed by atoms with Crippen LogP contribution in [0.1, 0.15) is 0 Å². The van der Waals surface area contributed by atoms with E-state index in [-0.39, 0.29) is 27.0 Å². The second-order valence-corrected chi connectivity index (χ2v) is 8.82. The van der Waals surface area contributed by atoms with Crippen molar-refractivity contribution in [3.63, 3.8) is 0 Å². The molecule has 3 rings (SSSR count). The molecule has 2 aromatic carbocycles. The maximum atomic E-state index is 12.4. The molecule has 0 saturated carbocycles. The van der Waals surface area contributed by atoms with Crippen molar-refractivity contribution in [3.8, 4) is 0 Å². The number of allylic oxidation sites excluding steroid dienone is 3. The van der Waals surface area contributed by atoms with Crippen LogP contribution in [0, 0.1) is 0 Å². The quantitative estimate of drug-likeness (QED) is 0.698. The van der Waals surface area contributed by atoms with Crippen molar-refractivity contribution in [2.24, 2.45) is 8.80 Å². The third kappa shape index (κ3) is 4.44. The molecule has 0 fully saturated rings. The fourth-order valence-corrected chi connectivity index (χ4v) is 4.37. The number of ether oxygens (including phenoxy) is 1. The van der Waals surface area contributed by atoms with Crippen molar-refractivity contribution in [3.05, 3.63) is 84.7 Å². The second kappa shape index (κ2) is 7.91. The Bertz CT molecular complexity index is 1200. The molecule has 2 aromatic rings. The zero-order chi connectivity index (χ0) is 20.2. The molecule has 0 bridgehead atoms. The summed E-state index contributed by atoms with van der Waals surface area (Å²) in [5.74, 6) is 0.0871. The standard InChI is InChI=1S/C19H16N2O5S2/c1-26-19-14-15(20-27(22,23)16-8-4-2-5-9-16)12-13-18(19)21-28(24,25)17-10-6-3-7-11-17/h2-14H,1H3/b20-15+,21-18+. The van der Waals surface area contributed by atoms with Crippen LogP contribution in [0.25, 0.3) is 0 Å². The molecule has 7 nitrogen and oxygen atoms in total. The minimum atomic E-state index is -3.94. The van der Waals surface area contributed by atoms with E-state index in [0.717, 1.165) is 0 Å². The van der Waals surface area contributed by atoms with Crippen LogP contribution >= 0.6 is 0 Å². The molecule has 1 aliphatic rings. The summed E-state index contributed by atoms with van der Waals surface area (Å²) in [5.41, 5.74) is 0.138. The van der Waals surface area contributed by atoms with E-state index in [9.17, 15) is 16.8 Å². The van der Waals surface area contributed by atoms with Crippen molar-refractivity contribution in [1.29, 1.82) is 0 Å². The fourth-order valence-electron chi connectivity index (χ4n) is 2.36. The molecular weight excluding hydrogens is 400 g/mol. The molecule has 1 aliphatic carbocycles. The average molecular weight is 416 g/mol. The molecule has 28 heavy (non-hydrogen) atoms. The first-order valence-corrected chi connectivity index (χ1v) is 10.9. The lowest BCUT2D eigenvalue weighted by Crippen LogP contribution is -2.13. The molecule has 0 amide bonds. The van der Waals surface area contributed by atoms with Crippen LogP contribution in [0.2, 0.25) is 0 Å². The summed E-state index contributed by atoms with van der Waals surface area (Å²) in [7, 11) is -6.52. The van der Waals surface area contributed by atoms with Crippen molar-refractivity contribution < 1.29 is 21.6 Å². The van der Waals surface area contributed by atoms with E-state index in [1.807, 2.05) is 0 Å². The predicted molar refractivity (Wildman–Crippen MR) is 106 cm³/mol. The lowest BCUT2D eigenvalue weighted by Gasteiger charge is -2.11. The third-order valence-corrected chi connectivity index (χ3v) is 6.31. The number of benzene rings is 2. The zero-order valence-corrected chi connectivity index (χ0v) is 16.4. The summed E-state index contributed by atoms with van der Waals surface area (Å²) >= 11 is 0. The predicted octanol–water partition coefficient (Wildman–Crippen LogP) is 2.75. The first-order valence-electron chi connectivity index (χ1n) is 8.06. The number of sulfonamides is 2. The van der Waals surface area contributed by atoms with Gasteiger partial charge in [0.15, 0.2) is 0 Å². The number of methoxy groups -OCH3 is 1. The van der Waals surface area contributed by atoms with E-state index in [2.05, 4.69) is 8.80 Å². The highest BCUT2D eigenvalue weighted by molar-refractivity contribution is 7.90. The lowest BCUT2D eigenvalue weighted by atomic mass is 10.1. The summed E-state index contributed by atoms with van der Waals surface area (Å²) in [4.78, 5) is 0.0897.